The fourth-order valence-electron chi connectivity index (χ4n) is 5.40. The van der Waals surface area contributed by atoms with E-state index in [2.05, 4.69) is 20.8 Å². The molecule has 0 aromatic rings. The van der Waals surface area contributed by atoms with E-state index in [1.54, 1.807) is 0 Å². The van der Waals surface area contributed by atoms with Gasteiger partial charge in [0.05, 0.1) is 18.4 Å². The lowest BCUT2D eigenvalue weighted by Gasteiger charge is -2.41. The van der Waals surface area contributed by atoms with Crippen LogP contribution in [-0.4, -0.2) is 23.7 Å². The van der Waals surface area contributed by atoms with Gasteiger partial charge >= 0.3 is 11.9 Å². The normalized spacial score (nSPS) is 33.4. The van der Waals surface area contributed by atoms with Crippen molar-refractivity contribution < 1.29 is 19.4 Å². The van der Waals surface area contributed by atoms with Gasteiger partial charge in [0.15, 0.2) is 0 Å². The van der Waals surface area contributed by atoms with Crippen LogP contribution in [0.1, 0.15) is 91.9 Å². The number of carbonyl (C=O) groups excluding carboxylic acids is 1. The molecule has 2 fully saturated rings. The lowest BCUT2D eigenvalue weighted by molar-refractivity contribution is -0.163. The Hall–Kier alpha value is -1.06. The molecule has 4 heteroatoms. The second kappa shape index (κ2) is 9.93. The molecule has 1 N–H and O–H groups in total. The highest BCUT2D eigenvalue weighted by Crippen LogP contribution is 2.44. The van der Waals surface area contributed by atoms with E-state index in [0.717, 1.165) is 19.3 Å². The molecular formula is C23H40O4. The number of aliphatic carboxylic acids is 1. The molecule has 4 nitrogen and oxygen atoms in total. The summed E-state index contributed by atoms with van der Waals surface area (Å²) in [6, 6.07) is 0. The Balaban J connectivity index is 1.93. The Labute approximate surface area is 165 Å². The van der Waals surface area contributed by atoms with Gasteiger partial charge in [-0.2, -0.15) is 0 Å². The summed E-state index contributed by atoms with van der Waals surface area (Å²) in [5.41, 5.74) is 0.380. The Bertz CT molecular complexity index is 499. The molecule has 2 saturated carbocycles. The Kier molecular flexibility index (Phi) is 8.18. The summed E-state index contributed by atoms with van der Waals surface area (Å²) >= 11 is 0. The highest BCUT2D eigenvalue weighted by molar-refractivity contribution is 5.81. The Morgan fingerprint density at radius 2 is 1.85 bits per heavy atom. The van der Waals surface area contributed by atoms with E-state index in [1.165, 1.54) is 38.5 Å². The molecule has 0 spiro atoms. The van der Waals surface area contributed by atoms with Crippen LogP contribution in [0, 0.1) is 35.0 Å². The van der Waals surface area contributed by atoms with Crippen LogP contribution in [0.2, 0.25) is 0 Å². The van der Waals surface area contributed by atoms with Crippen molar-refractivity contribution in [3.63, 3.8) is 0 Å². The fraction of sp³-hybridized carbons (Fsp3) is 0.913. The third-order valence-electron chi connectivity index (χ3n) is 7.10. The minimum absolute atomic E-state index is 0.0473. The molecule has 0 radical (unpaired) electrons. The minimum atomic E-state index is -0.846. The SMILES string of the molecule is CCCCCC1CC(C)(C)CCC1COC(=O)C1CCCC(C)C1C(=O)O. The zero-order valence-electron chi connectivity index (χ0n) is 17.8. The van der Waals surface area contributed by atoms with Crippen molar-refractivity contribution in [1.29, 1.82) is 0 Å². The second-order valence-corrected chi connectivity index (χ2v) is 9.93. The molecule has 0 saturated heterocycles. The largest absolute Gasteiger partial charge is 0.481 e. The molecule has 156 valence electrons. The molecule has 5 atom stereocenters. The van der Waals surface area contributed by atoms with Gasteiger partial charge in [0.1, 0.15) is 0 Å². The van der Waals surface area contributed by atoms with E-state index >= 15 is 0 Å². The molecule has 0 aromatic carbocycles. The lowest BCUT2D eigenvalue weighted by Crippen LogP contribution is -2.39. The van der Waals surface area contributed by atoms with E-state index < -0.39 is 17.8 Å². The van der Waals surface area contributed by atoms with Gasteiger partial charge in [-0.05, 0) is 55.3 Å². The first-order valence-corrected chi connectivity index (χ1v) is 11.1. The van der Waals surface area contributed by atoms with Gasteiger partial charge in [0.2, 0.25) is 0 Å². The zero-order valence-corrected chi connectivity index (χ0v) is 17.8. The number of hydrogen-bond acceptors (Lipinski definition) is 3. The van der Waals surface area contributed by atoms with Gasteiger partial charge in [-0.15, -0.1) is 0 Å². The van der Waals surface area contributed by atoms with Crippen molar-refractivity contribution in [2.45, 2.75) is 91.9 Å². The average molecular weight is 381 g/mol. The third-order valence-corrected chi connectivity index (χ3v) is 7.10. The molecule has 27 heavy (non-hydrogen) atoms. The monoisotopic (exact) mass is 380 g/mol. The van der Waals surface area contributed by atoms with E-state index in [-0.39, 0.29) is 11.9 Å². The average Bonchev–Trinajstić information content (AvgIpc) is 2.60. The van der Waals surface area contributed by atoms with E-state index in [4.69, 9.17) is 4.74 Å². The van der Waals surface area contributed by atoms with Crippen LogP contribution in [0.5, 0.6) is 0 Å². The highest BCUT2D eigenvalue weighted by atomic mass is 16.5. The summed E-state index contributed by atoms with van der Waals surface area (Å²) in [6.07, 6.45) is 10.9. The van der Waals surface area contributed by atoms with Crippen LogP contribution in [0.25, 0.3) is 0 Å². The van der Waals surface area contributed by atoms with Gasteiger partial charge in [0, 0.05) is 0 Å². The van der Waals surface area contributed by atoms with Crippen molar-refractivity contribution in [3.05, 3.63) is 0 Å². The first-order valence-electron chi connectivity index (χ1n) is 11.1. The van der Waals surface area contributed by atoms with Crippen LogP contribution in [0.3, 0.4) is 0 Å². The maximum atomic E-state index is 12.7. The predicted octanol–water partition coefficient (Wildman–Crippen LogP) is 5.69. The van der Waals surface area contributed by atoms with Crippen LogP contribution in [0.15, 0.2) is 0 Å². The minimum Gasteiger partial charge on any atom is -0.481 e. The summed E-state index contributed by atoms with van der Waals surface area (Å²) in [5, 5.41) is 9.56. The zero-order chi connectivity index (χ0) is 20.0. The molecule has 5 unspecified atom stereocenters. The van der Waals surface area contributed by atoms with E-state index in [1.807, 2.05) is 6.92 Å². The molecule has 0 bridgehead atoms. The summed E-state index contributed by atoms with van der Waals surface area (Å²) in [4.78, 5) is 24.4. The van der Waals surface area contributed by atoms with Gasteiger partial charge in [0.25, 0.3) is 0 Å². The first kappa shape index (κ1) is 22.2. The molecule has 0 heterocycles. The van der Waals surface area contributed by atoms with Gasteiger partial charge in [-0.25, -0.2) is 0 Å². The fourth-order valence-corrected chi connectivity index (χ4v) is 5.40. The van der Waals surface area contributed by atoms with Gasteiger partial charge < -0.3 is 9.84 Å². The van der Waals surface area contributed by atoms with Crippen molar-refractivity contribution in [2.75, 3.05) is 6.61 Å². The maximum Gasteiger partial charge on any atom is 0.309 e. The smallest absolute Gasteiger partial charge is 0.309 e. The summed E-state index contributed by atoms with van der Waals surface area (Å²) in [7, 11) is 0. The lowest BCUT2D eigenvalue weighted by atomic mass is 9.66. The summed E-state index contributed by atoms with van der Waals surface area (Å²) < 4.78 is 5.75. The van der Waals surface area contributed by atoms with Crippen molar-refractivity contribution in [3.8, 4) is 0 Å². The number of esters is 1. The number of rotatable bonds is 8. The number of ether oxygens (including phenoxy) is 1. The van der Waals surface area contributed by atoms with Crippen molar-refractivity contribution in [1.82, 2.24) is 0 Å². The maximum absolute atomic E-state index is 12.7. The van der Waals surface area contributed by atoms with Crippen molar-refractivity contribution in [2.24, 2.45) is 35.0 Å². The second-order valence-electron chi connectivity index (χ2n) is 9.93. The van der Waals surface area contributed by atoms with E-state index in [9.17, 15) is 14.7 Å². The Morgan fingerprint density at radius 1 is 1.11 bits per heavy atom. The highest BCUT2D eigenvalue weighted by Gasteiger charge is 2.42. The van der Waals surface area contributed by atoms with E-state index in [0.29, 0.717) is 30.3 Å². The molecule has 0 aliphatic heterocycles. The number of unbranched alkanes of at least 4 members (excludes halogenated alkanes) is 2. The molecular weight excluding hydrogens is 340 g/mol. The third kappa shape index (κ3) is 6.22. The standard InChI is InChI=1S/C23H40O4/c1-5-6-7-10-17-14-23(3,4)13-12-18(17)15-27-22(26)19-11-8-9-16(2)20(19)21(24)25/h16-20H,5-15H2,1-4H3,(H,24,25). The molecule has 2 aliphatic carbocycles. The van der Waals surface area contributed by atoms with Crippen LogP contribution >= 0.6 is 0 Å². The molecule has 2 rings (SSSR count). The van der Waals surface area contributed by atoms with Gasteiger partial charge in [-0.3, -0.25) is 9.59 Å². The van der Waals surface area contributed by atoms with Crippen LogP contribution in [0.4, 0.5) is 0 Å². The van der Waals surface area contributed by atoms with Gasteiger partial charge in [-0.1, -0.05) is 59.8 Å². The summed E-state index contributed by atoms with van der Waals surface area (Å²) in [6.45, 7) is 9.36. The van der Waals surface area contributed by atoms with Crippen LogP contribution in [-0.2, 0) is 14.3 Å². The number of hydrogen-bond donors (Lipinski definition) is 1. The first-order chi connectivity index (χ1) is 12.7. The molecule has 0 aromatic heterocycles. The molecule has 0 amide bonds. The number of carboxylic acids is 1. The predicted molar refractivity (Wildman–Crippen MR) is 107 cm³/mol. The van der Waals surface area contributed by atoms with Crippen molar-refractivity contribution >= 4 is 11.9 Å². The quantitative estimate of drug-likeness (QED) is 0.434. The van der Waals surface area contributed by atoms with Crippen LogP contribution < -0.4 is 0 Å². The molecule has 2 aliphatic rings. The number of carbonyl (C=O) groups is 2. The summed E-state index contributed by atoms with van der Waals surface area (Å²) in [5.74, 6) is -1.07. The number of carboxylic acid groups (broad SMARTS) is 1. The topological polar surface area (TPSA) is 63.6 Å². The Morgan fingerprint density at radius 3 is 2.52 bits per heavy atom.